The Bertz CT molecular complexity index is 832. The van der Waals surface area contributed by atoms with E-state index in [4.69, 9.17) is 0 Å². The van der Waals surface area contributed by atoms with Gasteiger partial charge >= 0.3 is 0 Å². The first-order valence-corrected chi connectivity index (χ1v) is 9.09. The molecule has 2 heterocycles. The van der Waals surface area contributed by atoms with Crippen LogP contribution >= 0.6 is 11.3 Å². The number of carbonyl (C=O) groups is 1. The van der Waals surface area contributed by atoms with E-state index in [2.05, 4.69) is 15.3 Å². The standard InChI is InChI=1S/C18H20FN5OS/c1-23(12-14-3-5-15(19)6-4-14)18-22-11-16(26-18)17(25)21-7-2-9-24-10-8-20-13-24/h3-6,8,10-11,13H,2,7,9,12H2,1H3,(H,21,25). The molecule has 1 N–H and O–H groups in total. The molecule has 0 spiro atoms. The average Bonchev–Trinajstić information content (AvgIpc) is 3.32. The molecule has 2 aromatic heterocycles. The van der Waals surface area contributed by atoms with E-state index in [-0.39, 0.29) is 11.7 Å². The van der Waals surface area contributed by atoms with Gasteiger partial charge < -0.3 is 14.8 Å². The lowest BCUT2D eigenvalue weighted by Crippen LogP contribution is -2.24. The van der Waals surface area contributed by atoms with Crippen LogP contribution in [0.5, 0.6) is 0 Å². The van der Waals surface area contributed by atoms with Crippen molar-refractivity contribution in [3.8, 4) is 0 Å². The predicted molar refractivity (Wildman–Crippen MR) is 99.8 cm³/mol. The van der Waals surface area contributed by atoms with Gasteiger partial charge in [0.05, 0.1) is 12.5 Å². The van der Waals surface area contributed by atoms with Crippen LogP contribution in [0.3, 0.4) is 0 Å². The Hall–Kier alpha value is -2.74. The summed E-state index contributed by atoms with van der Waals surface area (Å²) in [5, 5.41) is 3.66. The normalized spacial score (nSPS) is 10.7. The zero-order valence-corrected chi connectivity index (χ0v) is 15.2. The number of rotatable bonds is 8. The molecule has 0 fully saturated rings. The van der Waals surface area contributed by atoms with E-state index in [1.54, 1.807) is 30.9 Å². The van der Waals surface area contributed by atoms with Crippen molar-refractivity contribution in [3.63, 3.8) is 0 Å². The van der Waals surface area contributed by atoms with Gasteiger partial charge in [0.25, 0.3) is 5.91 Å². The van der Waals surface area contributed by atoms with Crippen molar-refractivity contribution in [3.05, 3.63) is 65.4 Å². The van der Waals surface area contributed by atoms with Gasteiger partial charge in [-0.15, -0.1) is 0 Å². The lowest BCUT2D eigenvalue weighted by atomic mass is 10.2. The van der Waals surface area contributed by atoms with Crippen LogP contribution in [0.1, 0.15) is 21.7 Å². The van der Waals surface area contributed by atoms with E-state index in [9.17, 15) is 9.18 Å². The molecule has 0 aliphatic rings. The number of carbonyl (C=O) groups excluding carboxylic acids is 1. The number of anilines is 1. The number of benzene rings is 1. The van der Waals surface area contributed by atoms with Crippen LogP contribution in [0, 0.1) is 5.82 Å². The number of amides is 1. The summed E-state index contributed by atoms with van der Waals surface area (Å²) in [6.45, 7) is 2.00. The highest BCUT2D eigenvalue weighted by molar-refractivity contribution is 7.17. The first kappa shape index (κ1) is 18.1. The monoisotopic (exact) mass is 373 g/mol. The summed E-state index contributed by atoms with van der Waals surface area (Å²) >= 11 is 1.34. The van der Waals surface area contributed by atoms with Crippen LogP contribution in [0.25, 0.3) is 0 Å². The molecule has 0 bridgehead atoms. The molecule has 3 rings (SSSR count). The van der Waals surface area contributed by atoms with E-state index < -0.39 is 0 Å². The first-order valence-electron chi connectivity index (χ1n) is 8.27. The molecule has 26 heavy (non-hydrogen) atoms. The van der Waals surface area contributed by atoms with E-state index >= 15 is 0 Å². The van der Waals surface area contributed by atoms with Crippen molar-refractivity contribution >= 4 is 22.4 Å². The molecule has 0 saturated carbocycles. The minimum Gasteiger partial charge on any atom is -0.351 e. The molecule has 0 aliphatic carbocycles. The molecule has 0 aliphatic heterocycles. The molecule has 0 unspecified atom stereocenters. The second-order valence-electron chi connectivity index (χ2n) is 5.90. The number of imidazole rings is 1. The number of hydrogen-bond donors (Lipinski definition) is 1. The summed E-state index contributed by atoms with van der Waals surface area (Å²) in [7, 11) is 1.90. The van der Waals surface area contributed by atoms with Crippen molar-refractivity contribution in [2.45, 2.75) is 19.5 Å². The third kappa shape index (κ3) is 4.89. The Morgan fingerprint density at radius 3 is 2.88 bits per heavy atom. The molecular formula is C18H20FN5OS. The molecule has 0 atom stereocenters. The maximum atomic E-state index is 13.0. The molecule has 0 radical (unpaired) electrons. The van der Waals surface area contributed by atoms with Gasteiger partial charge in [0.2, 0.25) is 0 Å². The van der Waals surface area contributed by atoms with Gasteiger partial charge in [-0.1, -0.05) is 23.5 Å². The van der Waals surface area contributed by atoms with E-state index in [1.807, 2.05) is 22.7 Å². The minimum atomic E-state index is -0.252. The Labute approximate surface area is 155 Å². The van der Waals surface area contributed by atoms with Crippen LogP contribution in [0.15, 0.2) is 49.2 Å². The predicted octanol–water partition coefficient (Wildman–Crippen LogP) is 2.94. The largest absolute Gasteiger partial charge is 0.351 e. The van der Waals surface area contributed by atoms with Gasteiger partial charge in [-0.25, -0.2) is 14.4 Å². The number of hydrogen-bond acceptors (Lipinski definition) is 5. The van der Waals surface area contributed by atoms with Crippen LogP contribution in [-0.2, 0) is 13.1 Å². The Morgan fingerprint density at radius 1 is 1.35 bits per heavy atom. The molecule has 1 aromatic carbocycles. The fourth-order valence-electron chi connectivity index (χ4n) is 2.45. The van der Waals surface area contributed by atoms with Crippen molar-refractivity contribution in [2.75, 3.05) is 18.5 Å². The van der Waals surface area contributed by atoms with Crippen LogP contribution < -0.4 is 10.2 Å². The smallest absolute Gasteiger partial charge is 0.263 e. The molecule has 6 nitrogen and oxygen atoms in total. The maximum absolute atomic E-state index is 13.0. The summed E-state index contributed by atoms with van der Waals surface area (Å²) in [4.78, 5) is 23.0. The minimum absolute atomic E-state index is 0.116. The fraction of sp³-hybridized carbons (Fsp3) is 0.278. The van der Waals surface area contributed by atoms with Crippen LogP contribution in [-0.4, -0.2) is 34.0 Å². The van der Waals surface area contributed by atoms with Crippen molar-refractivity contribution in [1.82, 2.24) is 19.9 Å². The van der Waals surface area contributed by atoms with E-state index in [1.165, 1.54) is 23.5 Å². The Kier molecular flexibility index (Phi) is 5.96. The molecular weight excluding hydrogens is 353 g/mol. The quantitative estimate of drug-likeness (QED) is 0.617. The lowest BCUT2D eigenvalue weighted by Gasteiger charge is -2.15. The zero-order chi connectivity index (χ0) is 18.4. The van der Waals surface area contributed by atoms with Gasteiger partial charge in [-0.2, -0.15) is 0 Å². The van der Waals surface area contributed by atoms with Crippen LogP contribution in [0.2, 0.25) is 0 Å². The van der Waals surface area contributed by atoms with Gasteiger partial charge in [0, 0.05) is 39.1 Å². The SMILES string of the molecule is CN(Cc1ccc(F)cc1)c1ncc(C(=O)NCCCn2ccnc2)s1. The van der Waals surface area contributed by atoms with Gasteiger partial charge in [0.15, 0.2) is 5.13 Å². The Balaban J connectivity index is 1.48. The fourth-order valence-corrected chi connectivity index (χ4v) is 3.24. The number of nitrogens with zero attached hydrogens (tertiary/aromatic N) is 4. The topological polar surface area (TPSA) is 63.1 Å². The Morgan fingerprint density at radius 2 is 2.15 bits per heavy atom. The number of aryl methyl sites for hydroxylation is 1. The van der Waals surface area contributed by atoms with E-state index in [0.717, 1.165) is 23.7 Å². The van der Waals surface area contributed by atoms with Crippen molar-refractivity contribution < 1.29 is 9.18 Å². The average molecular weight is 373 g/mol. The summed E-state index contributed by atoms with van der Waals surface area (Å²) < 4.78 is 14.9. The zero-order valence-electron chi connectivity index (χ0n) is 14.4. The molecule has 136 valence electrons. The molecule has 0 saturated heterocycles. The second kappa shape index (κ2) is 8.57. The van der Waals surface area contributed by atoms with Gasteiger partial charge in [-0.3, -0.25) is 4.79 Å². The molecule has 8 heteroatoms. The second-order valence-corrected chi connectivity index (χ2v) is 6.91. The van der Waals surface area contributed by atoms with E-state index in [0.29, 0.717) is 18.0 Å². The summed E-state index contributed by atoms with van der Waals surface area (Å²) in [6, 6.07) is 6.36. The highest BCUT2D eigenvalue weighted by Gasteiger charge is 2.13. The first-order chi connectivity index (χ1) is 12.6. The lowest BCUT2D eigenvalue weighted by molar-refractivity contribution is 0.0956. The third-order valence-electron chi connectivity index (χ3n) is 3.81. The third-order valence-corrected chi connectivity index (χ3v) is 4.93. The number of aromatic nitrogens is 3. The van der Waals surface area contributed by atoms with Gasteiger partial charge in [0.1, 0.15) is 10.7 Å². The van der Waals surface area contributed by atoms with Crippen molar-refractivity contribution in [2.24, 2.45) is 0 Å². The highest BCUT2D eigenvalue weighted by atomic mass is 32.1. The summed E-state index contributed by atoms with van der Waals surface area (Å²) in [6.07, 6.45) is 7.81. The summed E-state index contributed by atoms with van der Waals surface area (Å²) in [5.41, 5.74) is 0.981. The highest BCUT2D eigenvalue weighted by Crippen LogP contribution is 2.23. The summed E-state index contributed by atoms with van der Waals surface area (Å²) in [5.74, 6) is -0.368. The number of nitrogens with one attached hydrogen (secondary N) is 1. The van der Waals surface area contributed by atoms with Crippen molar-refractivity contribution in [1.29, 1.82) is 0 Å². The molecule has 1 amide bonds. The molecule has 3 aromatic rings. The van der Waals surface area contributed by atoms with Gasteiger partial charge in [-0.05, 0) is 24.1 Å². The van der Waals surface area contributed by atoms with Crippen LogP contribution in [0.4, 0.5) is 9.52 Å². The maximum Gasteiger partial charge on any atom is 0.263 e. The number of thiazole rings is 1. The number of halogens is 1.